The quantitative estimate of drug-likeness (QED) is 0.806. The van der Waals surface area contributed by atoms with Gasteiger partial charge in [-0.05, 0) is 43.7 Å². The summed E-state index contributed by atoms with van der Waals surface area (Å²) in [6.45, 7) is 3.87. The Hall–Kier alpha value is -2.86. The summed E-state index contributed by atoms with van der Waals surface area (Å²) in [5.41, 5.74) is 10.9. The van der Waals surface area contributed by atoms with Crippen LogP contribution in [0.3, 0.4) is 0 Å². The second-order valence-corrected chi connectivity index (χ2v) is 5.14. The minimum absolute atomic E-state index is 0.251. The zero-order valence-electron chi connectivity index (χ0n) is 12.3. The summed E-state index contributed by atoms with van der Waals surface area (Å²) in [4.78, 5) is 15.4. The van der Waals surface area contributed by atoms with Gasteiger partial charge in [0.15, 0.2) is 0 Å². The number of carboxylic acids is 1. The lowest BCUT2D eigenvalue weighted by Crippen LogP contribution is -2.36. The molecule has 3 N–H and O–H groups in total. The molecule has 1 aliphatic rings. The van der Waals surface area contributed by atoms with Crippen molar-refractivity contribution in [2.45, 2.75) is 13.8 Å². The van der Waals surface area contributed by atoms with Crippen LogP contribution in [0.4, 0.5) is 5.69 Å². The fourth-order valence-electron chi connectivity index (χ4n) is 2.22. The van der Waals surface area contributed by atoms with Gasteiger partial charge in [0.05, 0.1) is 16.9 Å². The molecule has 3 rings (SSSR count). The number of carbonyl (C=O) groups is 1. The van der Waals surface area contributed by atoms with Crippen LogP contribution in [0.25, 0.3) is 5.70 Å². The van der Waals surface area contributed by atoms with Crippen molar-refractivity contribution < 1.29 is 9.90 Å². The number of hydrazine groups is 2. The molecule has 112 valence electrons. The molecule has 0 saturated heterocycles. The number of aromatic carboxylic acids is 1. The highest BCUT2D eigenvalue weighted by Crippen LogP contribution is 2.24. The van der Waals surface area contributed by atoms with Crippen LogP contribution >= 0.6 is 0 Å². The van der Waals surface area contributed by atoms with E-state index < -0.39 is 5.97 Å². The van der Waals surface area contributed by atoms with Crippen molar-refractivity contribution in [3.8, 4) is 0 Å². The molecule has 2 aromatic rings. The maximum atomic E-state index is 11.1. The highest BCUT2D eigenvalue weighted by atomic mass is 16.4. The molecule has 0 spiro atoms. The fourth-order valence-corrected chi connectivity index (χ4v) is 2.22. The van der Waals surface area contributed by atoms with Crippen molar-refractivity contribution in [3.05, 3.63) is 65.1 Å². The molecule has 1 aliphatic heterocycles. The molecule has 0 fully saturated rings. The monoisotopic (exact) mass is 296 g/mol. The molecule has 0 radical (unpaired) electrons. The first-order chi connectivity index (χ1) is 10.5. The van der Waals surface area contributed by atoms with Crippen LogP contribution < -0.4 is 16.0 Å². The number of benzene rings is 1. The van der Waals surface area contributed by atoms with Crippen molar-refractivity contribution in [2.24, 2.45) is 0 Å². The number of carboxylic acid groups (broad SMARTS) is 1. The Morgan fingerprint density at radius 3 is 2.73 bits per heavy atom. The number of pyridine rings is 1. The number of nitrogens with zero attached hydrogens (tertiary/aromatic N) is 2. The summed E-state index contributed by atoms with van der Waals surface area (Å²) < 4.78 is 0. The third-order valence-electron chi connectivity index (χ3n) is 3.51. The van der Waals surface area contributed by atoms with Crippen LogP contribution in [0.15, 0.2) is 42.7 Å². The third-order valence-corrected chi connectivity index (χ3v) is 3.51. The third kappa shape index (κ3) is 2.64. The number of aryl methyl sites for hydroxylation is 2. The lowest BCUT2D eigenvalue weighted by atomic mass is 10.1. The first-order valence-electron chi connectivity index (χ1n) is 6.84. The van der Waals surface area contributed by atoms with Gasteiger partial charge in [0.1, 0.15) is 0 Å². The molecule has 0 amide bonds. The summed E-state index contributed by atoms with van der Waals surface area (Å²) in [5, 5.41) is 10.9. The Bertz CT molecular complexity index is 753. The van der Waals surface area contributed by atoms with Gasteiger partial charge in [-0.3, -0.25) is 9.99 Å². The van der Waals surface area contributed by atoms with E-state index in [0.717, 1.165) is 28.2 Å². The highest BCUT2D eigenvalue weighted by molar-refractivity contribution is 5.89. The maximum Gasteiger partial charge on any atom is 0.335 e. The minimum Gasteiger partial charge on any atom is -0.478 e. The predicted molar refractivity (Wildman–Crippen MR) is 83.8 cm³/mol. The Labute approximate surface area is 128 Å². The van der Waals surface area contributed by atoms with Gasteiger partial charge < -0.3 is 10.5 Å². The van der Waals surface area contributed by atoms with Crippen LogP contribution in [0.1, 0.15) is 27.2 Å². The normalized spacial score (nSPS) is 13.7. The highest BCUT2D eigenvalue weighted by Gasteiger charge is 2.17. The van der Waals surface area contributed by atoms with E-state index in [4.69, 9.17) is 5.11 Å². The predicted octanol–water partition coefficient (Wildman–Crippen LogP) is 2.22. The van der Waals surface area contributed by atoms with Crippen LogP contribution in [0.5, 0.6) is 0 Å². The van der Waals surface area contributed by atoms with Gasteiger partial charge in [-0.15, -0.1) is 5.53 Å². The zero-order valence-corrected chi connectivity index (χ0v) is 12.3. The molecular formula is C16H16N4O2. The van der Waals surface area contributed by atoms with Crippen molar-refractivity contribution in [2.75, 3.05) is 5.01 Å². The first-order valence-corrected chi connectivity index (χ1v) is 6.84. The molecular weight excluding hydrogens is 280 g/mol. The largest absolute Gasteiger partial charge is 0.478 e. The van der Waals surface area contributed by atoms with E-state index in [9.17, 15) is 4.79 Å². The Balaban J connectivity index is 1.92. The summed E-state index contributed by atoms with van der Waals surface area (Å²) in [6.07, 6.45) is 3.67. The van der Waals surface area contributed by atoms with E-state index in [2.05, 4.69) is 15.9 Å². The van der Waals surface area contributed by atoms with E-state index in [1.807, 2.05) is 32.2 Å². The number of aromatic nitrogens is 1. The molecule has 0 bridgehead atoms. The lowest BCUT2D eigenvalue weighted by Gasteiger charge is -2.18. The second-order valence-electron chi connectivity index (χ2n) is 5.14. The van der Waals surface area contributed by atoms with Gasteiger partial charge in [0.2, 0.25) is 0 Å². The van der Waals surface area contributed by atoms with E-state index in [1.165, 1.54) is 0 Å². The summed E-state index contributed by atoms with van der Waals surface area (Å²) in [6, 6.07) is 8.95. The number of hydrogen-bond acceptors (Lipinski definition) is 5. The summed E-state index contributed by atoms with van der Waals surface area (Å²) >= 11 is 0. The van der Waals surface area contributed by atoms with Crippen LogP contribution in [0, 0.1) is 13.8 Å². The Morgan fingerprint density at radius 2 is 2.05 bits per heavy atom. The van der Waals surface area contributed by atoms with Crippen molar-refractivity contribution >= 4 is 17.4 Å². The smallest absolute Gasteiger partial charge is 0.335 e. The van der Waals surface area contributed by atoms with Crippen LogP contribution in [-0.2, 0) is 0 Å². The van der Waals surface area contributed by atoms with Gasteiger partial charge in [-0.1, -0.05) is 6.07 Å². The van der Waals surface area contributed by atoms with E-state index in [0.29, 0.717) is 0 Å². The standard InChI is InChI=1S/C16H16N4O2/c1-10-3-5-12(16(21)22)7-15(10)20-9-14(18-19-20)13-6-4-11(2)17-8-13/h3-9,18-19H,1-2H3,(H,21,22). The molecule has 1 aromatic carbocycles. The van der Waals surface area contributed by atoms with E-state index >= 15 is 0 Å². The first kappa shape index (κ1) is 14.1. The van der Waals surface area contributed by atoms with E-state index in [1.54, 1.807) is 29.4 Å². The molecule has 6 heteroatoms. The van der Waals surface area contributed by atoms with Crippen molar-refractivity contribution in [3.63, 3.8) is 0 Å². The SMILES string of the molecule is Cc1ccc(C2=CN(c3cc(C(=O)O)ccc3C)NN2)cn1. The fraction of sp³-hybridized carbons (Fsp3) is 0.125. The molecule has 0 atom stereocenters. The number of rotatable bonds is 3. The van der Waals surface area contributed by atoms with Gasteiger partial charge in [0.25, 0.3) is 0 Å². The lowest BCUT2D eigenvalue weighted by molar-refractivity contribution is 0.0697. The molecule has 0 unspecified atom stereocenters. The number of hydrogen-bond donors (Lipinski definition) is 3. The molecule has 22 heavy (non-hydrogen) atoms. The minimum atomic E-state index is -0.944. The average Bonchev–Trinajstić information content (AvgIpc) is 2.98. The Kier molecular flexibility index (Phi) is 3.52. The zero-order chi connectivity index (χ0) is 15.7. The number of anilines is 1. The molecule has 2 heterocycles. The van der Waals surface area contributed by atoms with Gasteiger partial charge in [-0.25, -0.2) is 4.79 Å². The second kappa shape index (κ2) is 5.50. The molecule has 6 nitrogen and oxygen atoms in total. The topological polar surface area (TPSA) is 77.5 Å². The van der Waals surface area contributed by atoms with Gasteiger partial charge in [-0.2, -0.15) is 0 Å². The van der Waals surface area contributed by atoms with Gasteiger partial charge >= 0.3 is 5.97 Å². The van der Waals surface area contributed by atoms with E-state index in [-0.39, 0.29) is 5.56 Å². The van der Waals surface area contributed by atoms with Crippen LogP contribution in [0.2, 0.25) is 0 Å². The molecule has 0 aliphatic carbocycles. The number of nitrogens with one attached hydrogen (secondary N) is 2. The van der Waals surface area contributed by atoms with Crippen molar-refractivity contribution in [1.82, 2.24) is 15.9 Å². The Morgan fingerprint density at radius 1 is 1.23 bits per heavy atom. The van der Waals surface area contributed by atoms with Crippen LogP contribution in [-0.4, -0.2) is 16.1 Å². The average molecular weight is 296 g/mol. The summed E-state index contributed by atoms with van der Waals surface area (Å²) in [5.74, 6) is -0.944. The molecule has 0 saturated carbocycles. The summed E-state index contributed by atoms with van der Waals surface area (Å²) in [7, 11) is 0. The maximum absolute atomic E-state index is 11.1. The molecule has 1 aromatic heterocycles. The van der Waals surface area contributed by atoms with Gasteiger partial charge in [0, 0.05) is 23.7 Å². The van der Waals surface area contributed by atoms with Crippen molar-refractivity contribution in [1.29, 1.82) is 0 Å².